The molecule has 0 heterocycles. The minimum Gasteiger partial charge on any atom is -0.493 e. The van der Waals surface area contributed by atoms with Gasteiger partial charge in [0.15, 0.2) is 5.78 Å². The van der Waals surface area contributed by atoms with E-state index in [2.05, 4.69) is 12.8 Å². The van der Waals surface area contributed by atoms with Crippen molar-refractivity contribution in [2.24, 2.45) is 0 Å². The van der Waals surface area contributed by atoms with Gasteiger partial charge in [0.05, 0.1) is 13.0 Å². The minimum absolute atomic E-state index is 0.0312. The zero-order chi connectivity index (χ0) is 25.8. The lowest BCUT2D eigenvalue weighted by atomic mass is 10.0. The summed E-state index contributed by atoms with van der Waals surface area (Å²) in [5.74, 6) is 3.32. The van der Waals surface area contributed by atoms with Gasteiger partial charge in [-0.15, -0.1) is 12.3 Å². The molecule has 0 aliphatic heterocycles. The van der Waals surface area contributed by atoms with Crippen LogP contribution in [0.2, 0.25) is 5.02 Å². The maximum Gasteiger partial charge on any atom is 0.227 e. The molecule has 0 fully saturated rings. The van der Waals surface area contributed by atoms with Gasteiger partial charge in [0.2, 0.25) is 5.91 Å². The van der Waals surface area contributed by atoms with Gasteiger partial charge in [-0.1, -0.05) is 73.1 Å². The van der Waals surface area contributed by atoms with Gasteiger partial charge in [-0.25, -0.2) is 0 Å². The number of carbonyl (C=O) groups excluding carboxylic acids is 2. The first-order chi connectivity index (χ1) is 17.5. The molecule has 0 saturated carbocycles. The molecule has 3 aromatic rings. The number of Topliss-reactive ketones (excluding diaryl/α,β-unsaturated/α-hetero) is 1. The first kappa shape index (κ1) is 27.0. The van der Waals surface area contributed by atoms with E-state index in [-0.39, 0.29) is 11.7 Å². The van der Waals surface area contributed by atoms with E-state index < -0.39 is 0 Å². The average Bonchev–Trinajstić information content (AvgIpc) is 2.90. The van der Waals surface area contributed by atoms with E-state index in [1.807, 2.05) is 71.6 Å². The highest BCUT2D eigenvalue weighted by Gasteiger charge is 2.18. The molecule has 3 aromatic carbocycles. The van der Waals surface area contributed by atoms with E-state index in [0.29, 0.717) is 56.0 Å². The van der Waals surface area contributed by atoms with E-state index in [1.54, 1.807) is 6.07 Å². The van der Waals surface area contributed by atoms with Crippen LogP contribution in [0.15, 0.2) is 72.8 Å². The highest BCUT2D eigenvalue weighted by Crippen LogP contribution is 2.25. The Bertz CT molecular complexity index is 1180. The number of halogens is 1. The van der Waals surface area contributed by atoms with Crippen LogP contribution in [0.1, 0.15) is 53.2 Å². The lowest BCUT2D eigenvalue weighted by Gasteiger charge is -2.24. The van der Waals surface area contributed by atoms with Crippen LogP contribution in [0.25, 0.3) is 0 Å². The second-order valence-electron chi connectivity index (χ2n) is 8.65. The van der Waals surface area contributed by atoms with Crippen molar-refractivity contribution in [1.29, 1.82) is 0 Å². The molecule has 5 heteroatoms. The Morgan fingerprint density at radius 1 is 1.00 bits per heavy atom. The van der Waals surface area contributed by atoms with Crippen LogP contribution < -0.4 is 4.74 Å². The third-order valence-corrected chi connectivity index (χ3v) is 6.07. The van der Waals surface area contributed by atoms with Crippen LogP contribution in [-0.2, 0) is 24.2 Å². The maximum absolute atomic E-state index is 13.4. The predicted molar refractivity (Wildman–Crippen MR) is 145 cm³/mol. The Balaban J connectivity index is 1.76. The van der Waals surface area contributed by atoms with E-state index >= 15 is 0 Å². The molecular formula is C31H32ClNO3. The summed E-state index contributed by atoms with van der Waals surface area (Å²) in [4.78, 5) is 27.4. The first-order valence-electron chi connectivity index (χ1n) is 12.3. The predicted octanol–water partition coefficient (Wildman–Crippen LogP) is 6.54. The molecule has 1 amide bonds. The SMILES string of the molecule is C#CCCC(=O)c1ccc(CCN(Cc2cc(Cl)ccc2OCCC)C(=O)Cc2ccccc2)cc1. The molecule has 0 N–H and O–H groups in total. The number of ether oxygens (including phenoxy) is 1. The van der Waals surface area contributed by atoms with Crippen LogP contribution >= 0.6 is 11.6 Å². The third kappa shape index (κ3) is 8.29. The van der Waals surface area contributed by atoms with Crippen molar-refractivity contribution in [2.75, 3.05) is 13.2 Å². The fraction of sp³-hybridized carbons (Fsp3) is 0.290. The second kappa shape index (κ2) is 14.1. The molecular weight excluding hydrogens is 470 g/mol. The summed E-state index contributed by atoms with van der Waals surface area (Å²) in [5.41, 5.74) is 3.56. The van der Waals surface area contributed by atoms with Crippen molar-refractivity contribution in [3.8, 4) is 18.1 Å². The van der Waals surface area contributed by atoms with E-state index in [0.717, 1.165) is 28.9 Å². The van der Waals surface area contributed by atoms with Crippen LogP contribution in [-0.4, -0.2) is 29.7 Å². The van der Waals surface area contributed by atoms with E-state index in [1.165, 1.54) is 0 Å². The molecule has 0 radical (unpaired) electrons. The number of hydrogen-bond acceptors (Lipinski definition) is 3. The molecule has 0 unspecified atom stereocenters. The monoisotopic (exact) mass is 501 g/mol. The molecule has 0 aliphatic rings. The normalized spacial score (nSPS) is 10.5. The van der Waals surface area contributed by atoms with Gasteiger partial charge >= 0.3 is 0 Å². The summed E-state index contributed by atoms with van der Waals surface area (Å²) in [7, 11) is 0. The number of terminal acetylenes is 1. The lowest BCUT2D eigenvalue weighted by Crippen LogP contribution is -2.34. The molecule has 0 spiro atoms. The van der Waals surface area contributed by atoms with Crippen LogP contribution in [0, 0.1) is 12.3 Å². The van der Waals surface area contributed by atoms with Gasteiger partial charge in [0.25, 0.3) is 0 Å². The van der Waals surface area contributed by atoms with Crippen LogP contribution in [0.4, 0.5) is 0 Å². The number of carbonyl (C=O) groups is 2. The molecule has 0 aliphatic carbocycles. The van der Waals surface area contributed by atoms with Gasteiger partial charge in [0.1, 0.15) is 5.75 Å². The van der Waals surface area contributed by atoms with Crippen molar-refractivity contribution >= 4 is 23.3 Å². The number of ketones is 1. The highest BCUT2D eigenvalue weighted by molar-refractivity contribution is 6.30. The number of amides is 1. The smallest absolute Gasteiger partial charge is 0.227 e. The highest BCUT2D eigenvalue weighted by atomic mass is 35.5. The van der Waals surface area contributed by atoms with Gasteiger partial charge in [-0.05, 0) is 42.2 Å². The van der Waals surface area contributed by atoms with Gasteiger partial charge < -0.3 is 9.64 Å². The Morgan fingerprint density at radius 2 is 1.75 bits per heavy atom. The van der Waals surface area contributed by atoms with Crippen LogP contribution in [0.3, 0.4) is 0 Å². The largest absolute Gasteiger partial charge is 0.493 e. The van der Waals surface area contributed by atoms with E-state index in [4.69, 9.17) is 22.8 Å². The molecule has 0 atom stereocenters. The summed E-state index contributed by atoms with van der Waals surface area (Å²) < 4.78 is 5.93. The summed E-state index contributed by atoms with van der Waals surface area (Å²) in [5, 5.41) is 0.606. The quantitative estimate of drug-likeness (QED) is 0.197. The summed E-state index contributed by atoms with van der Waals surface area (Å²) >= 11 is 6.29. The Hall–Kier alpha value is -3.55. The minimum atomic E-state index is 0.0312. The molecule has 186 valence electrons. The van der Waals surface area contributed by atoms with Gasteiger partial charge in [0, 0.05) is 42.1 Å². The number of rotatable bonds is 13. The topological polar surface area (TPSA) is 46.6 Å². The Morgan fingerprint density at radius 3 is 2.44 bits per heavy atom. The van der Waals surface area contributed by atoms with Gasteiger partial charge in [-0.2, -0.15) is 0 Å². The van der Waals surface area contributed by atoms with Crippen LogP contribution in [0.5, 0.6) is 5.75 Å². The number of nitrogens with zero attached hydrogens (tertiary/aromatic N) is 1. The Labute approximate surface area is 219 Å². The number of benzene rings is 3. The maximum atomic E-state index is 13.4. The van der Waals surface area contributed by atoms with E-state index in [9.17, 15) is 9.59 Å². The third-order valence-electron chi connectivity index (χ3n) is 5.84. The lowest BCUT2D eigenvalue weighted by molar-refractivity contribution is -0.131. The van der Waals surface area contributed by atoms with Crippen molar-refractivity contribution in [3.05, 3.63) is 100 Å². The fourth-order valence-electron chi connectivity index (χ4n) is 3.86. The molecule has 0 aromatic heterocycles. The number of hydrogen-bond donors (Lipinski definition) is 0. The fourth-order valence-corrected chi connectivity index (χ4v) is 4.05. The molecule has 0 bridgehead atoms. The van der Waals surface area contributed by atoms with Crippen molar-refractivity contribution < 1.29 is 14.3 Å². The van der Waals surface area contributed by atoms with Gasteiger partial charge in [-0.3, -0.25) is 9.59 Å². The second-order valence-corrected chi connectivity index (χ2v) is 9.09. The zero-order valence-electron chi connectivity index (χ0n) is 20.7. The van der Waals surface area contributed by atoms with Crippen molar-refractivity contribution in [1.82, 2.24) is 4.90 Å². The van der Waals surface area contributed by atoms with Crippen molar-refractivity contribution in [3.63, 3.8) is 0 Å². The van der Waals surface area contributed by atoms with Crippen molar-refractivity contribution in [2.45, 2.75) is 45.6 Å². The first-order valence-corrected chi connectivity index (χ1v) is 12.7. The molecule has 4 nitrogen and oxygen atoms in total. The summed E-state index contributed by atoms with van der Waals surface area (Å²) in [6.45, 7) is 3.57. The molecule has 3 rings (SSSR count). The molecule has 36 heavy (non-hydrogen) atoms. The molecule has 0 saturated heterocycles. The zero-order valence-corrected chi connectivity index (χ0v) is 21.5. The summed E-state index contributed by atoms with van der Waals surface area (Å²) in [6, 6.07) is 22.8. The Kier molecular flexibility index (Phi) is 10.6. The average molecular weight is 502 g/mol. The summed E-state index contributed by atoms with van der Waals surface area (Å²) in [6.07, 6.45) is 7.91. The standard InChI is InChI=1S/C31H32ClNO3/c1-3-5-11-29(34)26-14-12-24(13-15-26)18-19-33(31(35)21-25-9-7-6-8-10-25)23-27-22-28(32)16-17-30(27)36-20-4-2/h1,6-10,12-17,22H,4-5,11,18-21,23H2,2H3.